The Morgan fingerprint density at radius 1 is 0.897 bits per heavy atom. The number of benzene rings is 1. The van der Waals surface area contributed by atoms with Crippen LogP contribution in [0.15, 0.2) is 61.2 Å². The second-order valence-electron chi connectivity index (χ2n) is 7.83. The van der Waals surface area contributed by atoms with E-state index < -0.39 is 0 Å². The van der Waals surface area contributed by atoms with E-state index in [2.05, 4.69) is 54.3 Å². The number of piperidine rings is 1. The van der Waals surface area contributed by atoms with Gasteiger partial charge >= 0.3 is 0 Å². The maximum absolute atomic E-state index is 4.52. The Kier molecular flexibility index (Phi) is 5.09. The Hall–Kier alpha value is -2.99. The van der Waals surface area contributed by atoms with Crippen molar-refractivity contribution in [1.82, 2.24) is 19.9 Å². The van der Waals surface area contributed by atoms with Gasteiger partial charge in [-0.2, -0.15) is 0 Å². The molecular formula is C23H26N6. The highest BCUT2D eigenvalue weighted by molar-refractivity contribution is 5.58. The first-order valence-electron chi connectivity index (χ1n) is 10.4. The molecule has 0 atom stereocenters. The molecule has 2 aliphatic rings. The van der Waals surface area contributed by atoms with Crippen molar-refractivity contribution in [2.24, 2.45) is 0 Å². The molecule has 148 valence electrons. The predicted molar refractivity (Wildman–Crippen MR) is 115 cm³/mol. The highest BCUT2D eigenvalue weighted by Crippen LogP contribution is 2.27. The van der Waals surface area contributed by atoms with Crippen molar-refractivity contribution in [3.8, 4) is 0 Å². The molecule has 1 saturated heterocycles. The van der Waals surface area contributed by atoms with Crippen LogP contribution in [-0.4, -0.2) is 45.5 Å². The van der Waals surface area contributed by atoms with Crippen molar-refractivity contribution in [2.75, 3.05) is 29.9 Å². The summed E-state index contributed by atoms with van der Waals surface area (Å²) >= 11 is 0. The topological polar surface area (TPSA) is 57.2 Å². The number of rotatable bonds is 4. The van der Waals surface area contributed by atoms with Crippen molar-refractivity contribution >= 4 is 17.3 Å². The number of aromatic nitrogens is 3. The molecule has 2 aliphatic heterocycles. The molecule has 1 aromatic carbocycles. The number of nitrogens with one attached hydrogen (secondary N) is 1. The highest BCUT2D eigenvalue weighted by Gasteiger charge is 2.27. The van der Waals surface area contributed by atoms with E-state index in [1.807, 2.05) is 18.2 Å². The van der Waals surface area contributed by atoms with Crippen LogP contribution in [0.1, 0.15) is 24.0 Å². The summed E-state index contributed by atoms with van der Waals surface area (Å²) < 4.78 is 0. The summed E-state index contributed by atoms with van der Waals surface area (Å²) in [5, 5.41) is 3.33. The number of fused-ring (bicyclic) bond motifs is 1. The second kappa shape index (κ2) is 8.17. The summed E-state index contributed by atoms with van der Waals surface area (Å²) in [7, 11) is 0. The van der Waals surface area contributed by atoms with Gasteiger partial charge in [0.2, 0.25) is 0 Å². The van der Waals surface area contributed by atoms with Crippen molar-refractivity contribution < 1.29 is 0 Å². The standard InChI is InChI=1S/C23H26N6/c1-2-4-19-16-29(12-7-18(19)3-1)21-8-13-28(14-9-21)23-15-22(25-17-26-23)27-20-5-10-24-11-6-20/h1-6,10-11,15,17,21H,7-9,12-14,16H2,(H,24,25,26,27). The van der Waals surface area contributed by atoms with Gasteiger partial charge in [-0.3, -0.25) is 9.88 Å². The van der Waals surface area contributed by atoms with E-state index in [1.54, 1.807) is 18.7 Å². The Bertz CT molecular complexity index is 952. The van der Waals surface area contributed by atoms with E-state index in [9.17, 15) is 0 Å². The lowest BCUT2D eigenvalue weighted by atomic mass is 9.95. The van der Waals surface area contributed by atoms with Crippen LogP contribution in [0, 0.1) is 0 Å². The molecule has 0 radical (unpaired) electrons. The summed E-state index contributed by atoms with van der Waals surface area (Å²) in [5.74, 6) is 1.81. The molecular weight excluding hydrogens is 360 g/mol. The number of pyridine rings is 1. The minimum absolute atomic E-state index is 0.663. The normalized spacial score (nSPS) is 17.7. The first-order valence-corrected chi connectivity index (χ1v) is 10.4. The molecule has 2 aromatic heterocycles. The molecule has 0 saturated carbocycles. The molecule has 0 unspecified atom stereocenters. The zero-order chi connectivity index (χ0) is 19.5. The van der Waals surface area contributed by atoms with Crippen LogP contribution in [-0.2, 0) is 13.0 Å². The average Bonchev–Trinajstić information content (AvgIpc) is 2.80. The Balaban J connectivity index is 1.21. The van der Waals surface area contributed by atoms with Gasteiger partial charge in [0.1, 0.15) is 18.0 Å². The van der Waals surface area contributed by atoms with Gasteiger partial charge in [0, 0.05) is 56.4 Å². The van der Waals surface area contributed by atoms with Crippen LogP contribution < -0.4 is 10.2 Å². The first-order chi connectivity index (χ1) is 14.3. The molecule has 0 amide bonds. The quantitative estimate of drug-likeness (QED) is 0.739. The Labute approximate surface area is 171 Å². The molecule has 5 rings (SSSR count). The summed E-state index contributed by atoms with van der Waals surface area (Å²) in [6.07, 6.45) is 8.72. The van der Waals surface area contributed by atoms with Gasteiger partial charge in [-0.1, -0.05) is 24.3 Å². The smallest absolute Gasteiger partial charge is 0.135 e. The number of hydrogen-bond donors (Lipinski definition) is 1. The van der Waals surface area contributed by atoms with Crippen LogP contribution in [0.2, 0.25) is 0 Å². The van der Waals surface area contributed by atoms with E-state index in [1.165, 1.54) is 36.9 Å². The lowest BCUT2D eigenvalue weighted by molar-refractivity contribution is 0.153. The van der Waals surface area contributed by atoms with Crippen LogP contribution in [0.3, 0.4) is 0 Å². The molecule has 4 heterocycles. The van der Waals surface area contributed by atoms with Crippen molar-refractivity contribution in [3.63, 3.8) is 0 Å². The van der Waals surface area contributed by atoms with Crippen LogP contribution in [0.5, 0.6) is 0 Å². The van der Waals surface area contributed by atoms with Crippen LogP contribution in [0.4, 0.5) is 17.3 Å². The van der Waals surface area contributed by atoms with E-state index in [4.69, 9.17) is 0 Å². The third-order valence-electron chi connectivity index (χ3n) is 6.07. The summed E-state index contributed by atoms with van der Waals surface area (Å²) in [6, 6.07) is 15.5. The van der Waals surface area contributed by atoms with E-state index in [-0.39, 0.29) is 0 Å². The van der Waals surface area contributed by atoms with Crippen molar-refractivity contribution in [1.29, 1.82) is 0 Å². The van der Waals surface area contributed by atoms with Crippen LogP contribution in [0.25, 0.3) is 0 Å². The third kappa shape index (κ3) is 4.07. The van der Waals surface area contributed by atoms with Gasteiger partial charge < -0.3 is 10.2 Å². The fourth-order valence-electron chi connectivity index (χ4n) is 4.46. The molecule has 1 fully saturated rings. The minimum Gasteiger partial charge on any atom is -0.356 e. The maximum atomic E-state index is 4.52. The molecule has 0 aliphatic carbocycles. The van der Waals surface area contributed by atoms with Gasteiger partial charge in [0.15, 0.2) is 0 Å². The Morgan fingerprint density at radius 3 is 2.52 bits per heavy atom. The molecule has 0 spiro atoms. The Morgan fingerprint density at radius 2 is 1.69 bits per heavy atom. The first kappa shape index (κ1) is 18.1. The number of anilines is 3. The lowest BCUT2D eigenvalue weighted by Gasteiger charge is -2.41. The zero-order valence-corrected chi connectivity index (χ0v) is 16.5. The monoisotopic (exact) mass is 386 g/mol. The van der Waals surface area contributed by atoms with Gasteiger partial charge in [-0.25, -0.2) is 9.97 Å². The summed E-state index contributed by atoms with van der Waals surface area (Å²) in [4.78, 5) is 18.0. The largest absolute Gasteiger partial charge is 0.356 e. The zero-order valence-electron chi connectivity index (χ0n) is 16.5. The highest BCUT2D eigenvalue weighted by atomic mass is 15.2. The predicted octanol–water partition coefficient (Wildman–Crippen LogP) is 3.64. The molecule has 1 N–H and O–H groups in total. The van der Waals surface area contributed by atoms with Gasteiger partial charge in [0.05, 0.1) is 0 Å². The molecule has 3 aromatic rings. The number of hydrogen-bond acceptors (Lipinski definition) is 6. The van der Waals surface area contributed by atoms with Gasteiger partial charge in [0.25, 0.3) is 0 Å². The fraction of sp³-hybridized carbons (Fsp3) is 0.348. The van der Waals surface area contributed by atoms with Crippen molar-refractivity contribution in [2.45, 2.75) is 31.8 Å². The third-order valence-corrected chi connectivity index (χ3v) is 6.07. The van der Waals surface area contributed by atoms with E-state index in [0.717, 1.165) is 37.0 Å². The summed E-state index contributed by atoms with van der Waals surface area (Å²) in [6.45, 7) is 4.34. The lowest BCUT2D eigenvalue weighted by Crippen LogP contribution is -2.46. The van der Waals surface area contributed by atoms with E-state index >= 15 is 0 Å². The second-order valence-corrected chi connectivity index (χ2v) is 7.83. The fourth-order valence-corrected chi connectivity index (χ4v) is 4.46. The number of nitrogens with zero attached hydrogens (tertiary/aromatic N) is 5. The molecule has 29 heavy (non-hydrogen) atoms. The van der Waals surface area contributed by atoms with Crippen LogP contribution >= 0.6 is 0 Å². The van der Waals surface area contributed by atoms with E-state index in [0.29, 0.717) is 6.04 Å². The van der Waals surface area contributed by atoms with Crippen molar-refractivity contribution in [3.05, 3.63) is 72.3 Å². The maximum Gasteiger partial charge on any atom is 0.135 e. The molecule has 6 nitrogen and oxygen atoms in total. The minimum atomic E-state index is 0.663. The summed E-state index contributed by atoms with van der Waals surface area (Å²) in [5.41, 5.74) is 4.01. The van der Waals surface area contributed by atoms with Gasteiger partial charge in [-0.05, 0) is 42.5 Å². The average molecular weight is 387 g/mol. The van der Waals surface area contributed by atoms with Gasteiger partial charge in [-0.15, -0.1) is 0 Å². The SMILES string of the molecule is c1ccc2c(c1)CCN(C1CCN(c3cc(Nc4ccncc4)ncn3)CC1)C2. The molecule has 0 bridgehead atoms. The molecule has 6 heteroatoms.